The van der Waals surface area contributed by atoms with Crippen LogP contribution in [-0.4, -0.2) is 21.0 Å². The van der Waals surface area contributed by atoms with Gasteiger partial charge in [-0.15, -0.1) is 0 Å². The maximum atomic E-state index is 10.6. The molecule has 0 spiro atoms. The number of rotatable bonds is 3. The van der Waals surface area contributed by atoms with E-state index in [0.29, 0.717) is 6.42 Å². The van der Waals surface area contributed by atoms with Crippen LogP contribution in [0.4, 0.5) is 0 Å². The molecule has 1 N–H and O–H groups in total. The normalized spacial score (nSPS) is 12.5. The number of carbonyl (C=O) groups is 1. The molecule has 1 heterocycles. The van der Waals surface area contributed by atoms with Crippen LogP contribution in [0.5, 0.6) is 0 Å². The first-order valence-corrected chi connectivity index (χ1v) is 4.10. The van der Waals surface area contributed by atoms with Crippen molar-refractivity contribution in [2.24, 2.45) is 5.92 Å². The van der Waals surface area contributed by atoms with Gasteiger partial charge in [0.2, 0.25) is 0 Å². The lowest BCUT2D eigenvalue weighted by Gasteiger charge is -2.06. The number of hydrogen-bond acceptors (Lipinski definition) is 3. The van der Waals surface area contributed by atoms with Gasteiger partial charge in [0, 0.05) is 18.8 Å². The molecule has 1 unspecified atom stereocenters. The SMILES string of the molecule is Cc1nccnc1CC(C)C(=O)O. The van der Waals surface area contributed by atoms with Crippen LogP contribution in [-0.2, 0) is 11.2 Å². The molecule has 0 saturated heterocycles. The molecule has 4 nitrogen and oxygen atoms in total. The standard InChI is InChI=1S/C9H12N2O2/c1-6(9(12)13)5-8-7(2)10-3-4-11-8/h3-4,6H,5H2,1-2H3,(H,12,13). The number of carboxylic acids is 1. The molecule has 70 valence electrons. The summed E-state index contributed by atoms with van der Waals surface area (Å²) in [5.74, 6) is -1.21. The van der Waals surface area contributed by atoms with Crippen molar-refractivity contribution in [3.05, 3.63) is 23.8 Å². The van der Waals surface area contributed by atoms with E-state index in [4.69, 9.17) is 5.11 Å². The second-order valence-electron chi connectivity index (χ2n) is 3.03. The lowest BCUT2D eigenvalue weighted by molar-refractivity contribution is -0.141. The quantitative estimate of drug-likeness (QED) is 0.755. The van der Waals surface area contributed by atoms with Gasteiger partial charge < -0.3 is 5.11 Å². The van der Waals surface area contributed by atoms with Gasteiger partial charge in [-0.05, 0) is 6.92 Å². The zero-order chi connectivity index (χ0) is 9.84. The minimum atomic E-state index is -0.801. The van der Waals surface area contributed by atoms with E-state index in [9.17, 15) is 4.79 Å². The Balaban J connectivity index is 2.74. The summed E-state index contributed by atoms with van der Waals surface area (Å²) in [5, 5.41) is 8.69. The van der Waals surface area contributed by atoms with E-state index in [1.165, 1.54) is 0 Å². The number of aliphatic carboxylic acids is 1. The van der Waals surface area contributed by atoms with E-state index in [1.54, 1.807) is 19.3 Å². The first kappa shape index (κ1) is 9.64. The molecule has 1 rings (SSSR count). The van der Waals surface area contributed by atoms with Crippen molar-refractivity contribution in [3.8, 4) is 0 Å². The topological polar surface area (TPSA) is 63.1 Å². The molecule has 1 aromatic rings. The monoisotopic (exact) mass is 180 g/mol. The number of carboxylic acid groups (broad SMARTS) is 1. The van der Waals surface area contributed by atoms with E-state index < -0.39 is 11.9 Å². The Hall–Kier alpha value is -1.45. The summed E-state index contributed by atoms with van der Waals surface area (Å²) in [5.41, 5.74) is 1.56. The number of aryl methyl sites for hydroxylation is 1. The summed E-state index contributed by atoms with van der Waals surface area (Å²) in [7, 11) is 0. The summed E-state index contributed by atoms with van der Waals surface area (Å²) in [6.07, 6.45) is 3.62. The highest BCUT2D eigenvalue weighted by molar-refractivity contribution is 5.69. The molecule has 13 heavy (non-hydrogen) atoms. The number of hydrogen-bond donors (Lipinski definition) is 1. The van der Waals surface area contributed by atoms with E-state index in [-0.39, 0.29) is 0 Å². The predicted octanol–water partition coefficient (Wildman–Crippen LogP) is 1.05. The van der Waals surface area contributed by atoms with Crippen molar-refractivity contribution in [2.45, 2.75) is 20.3 Å². The smallest absolute Gasteiger partial charge is 0.306 e. The van der Waals surface area contributed by atoms with Crippen LogP contribution in [0.1, 0.15) is 18.3 Å². The average molecular weight is 180 g/mol. The van der Waals surface area contributed by atoms with Gasteiger partial charge in [-0.25, -0.2) is 0 Å². The van der Waals surface area contributed by atoms with Crippen molar-refractivity contribution in [3.63, 3.8) is 0 Å². The van der Waals surface area contributed by atoms with Crippen LogP contribution in [0.25, 0.3) is 0 Å². The third-order valence-corrected chi connectivity index (χ3v) is 1.90. The molecule has 0 saturated carbocycles. The molecular weight excluding hydrogens is 168 g/mol. The summed E-state index contributed by atoms with van der Waals surface area (Å²) in [6.45, 7) is 3.49. The molecule has 0 aliphatic rings. The van der Waals surface area contributed by atoms with Crippen LogP contribution in [0.15, 0.2) is 12.4 Å². The Labute approximate surface area is 76.7 Å². The molecule has 0 aliphatic carbocycles. The van der Waals surface area contributed by atoms with E-state index >= 15 is 0 Å². The molecular formula is C9H12N2O2. The highest BCUT2D eigenvalue weighted by Crippen LogP contribution is 2.08. The molecule has 0 bridgehead atoms. The van der Waals surface area contributed by atoms with E-state index in [2.05, 4.69) is 9.97 Å². The maximum absolute atomic E-state index is 10.6. The molecule has 0 amide bonds. The van der Waals surface area contributed by atoms with Gasteiger partial charge >= 0.3 is 5.97 Å². The third-order valence-electron chi connectivity index (χ3n) is 1.90. The minimum absolute atomic E-state index is 0.407. The second-order valence-corrected chi connectivity index (χ2v) is 3.03. The fourth-order valence-corrected chi connectivity index (χ4v) is 1.01. The Morgan fingerprint density at radius 2 is 2.15 bits per heavy atom. The summed E-state index contributed by atoms with van der Waals surface area (Å²) in [4.78, 5) is 18.7. The van der Waals surface area contributed by atoms with Gasteiger partial charge in [-0.1, -0.05) is 6.92 Å². The zero-order valence-electron chi connectivity index (χ0n) is 7.69. The lowest BCUT2D eigenvalue weighted by atomic mass is 10.0. The van der Waals surface area contributed by atoms with Gasteiger partial charge in [0.15, 0.2) is 0 Å². The first-order chi connectivity index (χ1) is 6.11. The fraction of sp³-hybridized carbons (Fsp3) is 0.444. The fourth-order valence-electron chi connectivity index (χ4n) is 1.01. The second kappa shape index (κ2) is 3.98. The first-order valence-electron chi connectivity index (χ1n) is 4.10. The molecule has 0 radical (unpaired) electrons. The predicted molar refractivity (Wildman–Crippen MR) is 47.3 cm³/mol. The van der Waals surface area contributed by atoms with Gasteiger partial charge in [-0.2, -0.15) is 0 Å². The van der Waals surface area contributed by atoms with Crippen LogP contribution in [0.2, 0.25) is 0 Å². The van der Waals surface area contributed by atoms with E-state index in [0.717, 1.165) is 11.4 Å². The Morgan fingerprint density at radius 3 is 2.69 bits per heavy atom. The molecule has 1 aromatic heterocycles. The van der Waals surface area contributed by atoms with E-state index in [1.807, 2.05) is 6.92 Å². The molecule has 0 aliphatic heterocycles. The summed E-state index contributed by atoms with van der Waals surface area (Å²) in [6, 6.07) is 0. The lowest BCUT2D eigenvalue weighted by Crippen LogP contribution is -2.14. The van der Waals surface area contributed by atoms with Crippen molar-refractivity contribution in [2.75, 3.05) is 0 Å². The van der Waals surface area contributed by atoms with Crippen molar-refractivity contribution in [1.29, 1.82) is 0 Å². The van der Waals surface area contributed by atoms with Crippen LogP contribution in [0.3, 0.4) is 0 Å². The third kappa shape index (κ3) is 2.50. The largest absolute Gasteiger partial charge is 0.481 e. The van der Waals surface area contributed by atoms with Crippen molar-refractivity contribution in [1.82, 2.24) is 9.97 Å². The average Bonchev–Trinajstić information content (AvgIpc) is 2.08. The number of nitrogens with zero attached hydrogens (tertiary/aromatic N) is 2. The summed E-state index contributed by atoms with van der Waals surface area (Å²) < 4.78 is 0. The van der Waals surface area contributed by atoms with Gasteiger partial charge in [0.05, 0.1) is 17.3 Å². The Bertz CT molecular complexity index is 312. The molecule has 1 atom stereocenters. The number of aromatic nitrogens is 2. The minimum Gasteiger partial charge on any atom is -0.481 e. The zero-order valence-corrected chi connectivity index (χ0v) is 7.69. The Morgan fingerprint density at radius 1 is 1.54 bits per heavy atom. The summed E-state index contributed by atoms with van der Waals surface area (Å²) >= 11 is 0. The van der Waals surface area contributed by atoms with Gasteiger partial charge in [0.1, 0.15) is 0 Å². The van der Waals surface area contributed by atoms with Crippen LogP contribution < -0.4 is 0 Å². The highest BCUT2D eigenvalue weighted by atomic mass is 16.4. The Kier molecular flexibility index (Phi) is 2.95. The highest BCUT2D eigenvalue weighted by Gasteiger charge is 2.13. The van der Waals surface area contributed by atoms with Gasteiger partial charge in [0.25, 0.3) is 0 Å². The molecule has 0 aromatic carbocycles. The van der Waals surface area contributed by atoms with Crippen LogP contribution in [0, 0.1) is 12.8 Å². The van der Waals surface area contributed by atoms with Crippen molar-refractivity contribution < 1.29 is 9.90 Å². The molecule has 0 fully saturated rings. The van der Waals surface area contributed by atoms with Crippen molar-refractivity contribution >= 4 is 5.97 Å². The maximum Gasteiger partial charge on any atom is 0.306 e. The molecule has 4 heteroatoms. The van der Waals surface area contributed by atoms with Gasteiger partial charge in [-0.3, -0.25) is 14.8 Å². The van der Waals surface area contributed by atoms with Crippen LogP contribution >= 0.6 is 0 Å².